The number of benzene rings is 1. The van der Waals surface area contributed by atoms with Crippen LogP contribution < -0.4 is 16.0 Å². The van der Waals surface area contributed by atoms with Crippen LogP contribution in [0, 0.1) is 5.92 Å². The molecule has 0 aliphatic carbocycles. The molecule has 0 aromatic heterocycles. The minimum Gasteiger partial charge on any atom is -0.446 e. The Kier molecular flexibility index (Phi) is 11.1. The molecular formula is C24H37N3O6. The van der Waals surface area contributed by atoms with Crippen molar-refractivity contribution in [1.29, 1.82) is 0 Å². The van der Waals surface area contributed by atoms with E-state index in [0.29, 0.717) is 39.0 Å². The van der Waals surface area contributed by atoms with E-state index < -0.39 is 36.1 Å². The number of carbonyl (C=O) groups is 3. The molecule has 1 aliphatic rings. The molecule has 0 radical (unpaired) electrons. The summed E-state index contributed by atoms with van der Waals surface area (Å²) in [6.45, 7) is 7.06. The molecule has 4 N–H and O–H groups in total. The number of ether oxygens (including phenoxy) is 2. The minimum absolute atomic E-state index is 0.116. The molecule has 1 heterocycles. The Hall–Kier alpha value is -2.65. The number of amides is 3. The molecular weight excluding hydrogens is 426 g/mol. The van der Waals surface area contributed by atoms with Gasteiger partial charge in [0.2, 0.25) is 5.91 Å². The fourth-order valence-electron chi connectivity index (χ4n) is 3.68. The molecule has 33 heavy (non-hydrogen) atoms. The predicted molar refractivity (Wildman–Crippen MR) is 123 cm³/mol. The summed E-state index contributed by atoms with van der Waals surface area (Å²) in [6, 6.07) is 7.55. The van der Waals surface area contributed by atoms with Gasteiger partial charge in [0.05, 0.1) is 19.3 Å². The summed E-state index contributed by atoms with van der Waals surface area (Å²) in [5.41, 5.74) is 0.860. The lowest BCUT2D eigenvalue weighted by atomic mass is 9.98. The molecule has 0 spiro atoms. The van der Waals surface area contributed by atoms with E-state index in [9.17, 15) is 19.5 Å². The maximum atomic E-state index is 13.1. The van der Waals surface area contributed by atoms with Crippen molar-refractivity contribution in [2.45, 2.75) is 70.7 Å². The Bertz CT molecular complexity index is 752. The molecule has 184 valence electrons. The van der Waals surface area contributed by atoms with E-state index in [1.807, 2.05) is 44.2 Å². The Labute approximate surface area is 195 Å². The van der Waals surface area contributed by atoms with Crippen LogP contribution >= 0.6 is 0 Å². The highest BCUT2D eigenvalue weighted by Crippen LogP contribution is 2.13. The number of hydrogen-bond donors (Lipinski definition) is 4. The zero-order valence-corrected chi connectivity index (χ0v) is 19.7. The van der Waals surface area contributed by atoms with Crippen LogP contribution in [0.15, 0.2) is 30.3 Å². The van der Waals surface area contributed by atoms with Gasteiger partial charge in [-0.2, -0.15) is 0 Å². The second kappa shape index (κ2) is 13.8. The fourth-order valence-corrected chi connectivity index (χ4v) is 3.68. The second-order valence-electron chi connectivity index (χ2n) is 8.69. The lowest BCUT2D eigenvalue weighted by Crippen LogP contribution is -2.56. The first-order chi connectivity index (χ1) is 15.8. The van der Waals surface area contributed by atoms with E-state index in [2.05, 4.69) is 16.0 Å². The Morgan fingerprint density at radius 1 is 1.09 bits per heavy atom. The molecule has 1 aromatic rings. The van der Waals surface area contributed by atoms with Crippen LogP contribution in [-0.2, 0) is 25.5 Å². The first-order valence-corrected chi connectivity index (χ1v) is 11.6. The molecule has 2 rings (SSSR count). The maximum absolute atomic E-state index is 13.1. The number of alkyl carbamates (subject to hydrolysis) is 1. The molecule has 3 amide bonds. The van der Waals surface area contributed by atoms with Crippen molar-refractivity contribution in [2.75, 3.05) is 19.8 Å². The van der Waals surface area contributed by atoms with Gasteiger partial charge in [0.15, 0.2) is 6.10 Å². The van der Waals surface area contributed by atoms with Gasteiger partial charge in [-0.25, -0.2) is 4.79 Å². The highest BCUT2D eigenvalue weighted by Gasteiger charge is 2.31. The minimum atomic E-state index is -1.44. The average molecular weight is 464 g/mol. The van der Waals surface area contributed by atoms with Gasteiger partial charge in [-0.3, -0.25) is 9.59 Å². The summed E-state index contributed by atoms with van der Waals surface area (Å²) in [7, 11) is 0. The van der Waals surface area contributed by atoms with Crippen molar-refractivity contribution in [3.8, 4) is 0 Å². The van der Waals surface area contributed by atoms with Crippen LogP contribution in [0.1, 0.15) is 45.6 Å². The number of aliphatic hydroxyl groups excluding tert-OH is 1. The number of likely N-dealkylation sites (N-methyl/N-ethyl adjacent to an activating group) is 1. The number of rotatable bonds is 11. The molecule has 1 aromatic carbocycles. The van der Waals surface area contributed by atoms with E-state index in [4.69, 9.17) is 9.47 Å². The van der Waals surface area contributed by atoms with E-state index in [1.165, 1.54) is 0 Å². The van der Waals surface area contributed by atoms with Crippen LogP contribution in [0.5, 0.6) is 0 Å². The van der Waals surface area contributed by atoms with Gasteiger partial charge in [0, 0.05) is 19.4 Å². The van der Waals surface area contributed by atoms with Crippen molar-refractivity contribution >= 4 is 17.9 Å². The maximum Gasteiger partial charge on any atom is 0.408 e. The van der Waals surface area contributed by atoms with Crippen LogP contribution in [0.25, 0.3) is 0 Å². The topological polar surface area (TPSA) is 126 Å². The van der Waals surface area contributed by atoms with Crippen LogP contribution in [0.3, 0.4) is 0 Å². The largest absolute Gasteiger partial charge is 0.446 e. The fraction of sp³-hybridized carbons (Fsp3) is 0.625. The molecule has 1 saturated heterocycles. The third-order valence-electron chi connectivity index (χ3n) is 5.38. The Morgan fingerprint density at radius 2 is 1.76 bits per heavy atom. The van der Waals surface area contributed by atoms with Gasteiger partial charge in [-0.15, -0.1) is 0 Å². The second-order valence-corrected chi connectivity index (χ2v) is 8.69. The van der Waals surface area contributed by atoms with Crippen LogP contribution in [0.2, 0.25) is 0 Å². The summed E-state index contributed by atoms with van der Waals surface area (Å²) >= 11 is 0. The molecule has 1 unspecified atom stereocenters. The summed E-state index contributed by atoms with van der Waals surface area (Å²) < 4.78 is 10.7. The highest BCUT2D eigenvalue weighted by molar-refractivity contribution is 5.87. The molecule has 9 heteroatoms. The monoisotopic (exact) mass is 463 g/mol. The standard InChI is InChI=1S/C24H37N3O6/c1-4-25-23(30)21(28)19(15-17-8-6-5-7-9-17)26-22(29)20(14-16(2)3)27-24(31)33-18-10-12-32-13-11-18/h5-9,16,18-21,28H,4,10-15H2,1-3H3,(H,25,30)(H,26,29)(H,27,31)/t19-,20-,21?/m0/s1. The summed E-state index contributed by atoms with van der Waals surface area (Å²) in [4.78, 5) is 37.9. The summed E-state index contributed by atoms with van der Waals surface area (Å²) in [5, 5.41) is 18.7. The Balaban J connectivity index is 2.09. The highest BCUT2D eigenvalue weighted by atomic mass is 16.6. The number of hydrogen-bond acceptors (Lipinski definition) is 6. The zero-order valence-electron chi connectivity index (χ0n) is 19.7. The average Bonchev–Trinajstić information content (AvgIpc) is 2.78. The van der Waals surface area contributed by atoms with E-state index in [-0.39, 0.29) is 18.4 Å². The summed E-state index contributed by atoms with van der Waals surface area (Å²) in [6.07, 6.45) is -0.476. The van der Waals surface area contributed by atoms with Gasteiger partial charge < -0.3 is 30.5 Å². The van der Waals surface area contributed by atoms with Crippen molar-refractivity contribution in [3.63, 3.8) is 0 Å². The zero-order chi connectivity index (χ0) is 24.2. The van der Waals surface area contributed by atoms with Crippen molar-refractivity contribution in [3.05, 3.63) is 35.9 Å². The van der Waals surface area contributed by atoms with Gasteiger partial charge >= 0.3 is 6.09 Å². The first kappa shape index (κ1) is 26.6. The van der Waals surface area contributed by atoms with E-state index >= 15 is 0 Å². The van der Waals surface area contributed by atoms with E-state index in [1.54, 1.807) is 6.92 Å². The lowest BCUT2D eigenvalue weighted by Gasteiger charge is -2.28. The van der Waals surface area contributed by atoms with Crippen molar-refractivity contribution < 1.29 is 29.0 Å². The van der Waals surface area contributed by atoms with Gasteiger partial charge in [-0.1, -0.05) is 44.2 Å². The van der Waals surface area contributed by atoms with Gasteiger partial charge in [0.1, 0.15) is 12.1 Å². The van der Waals surface area contributed by atoms with Gasteiger partial charge in [-0.05, 0) is 31.2 Å². The SMILES string of the molecule is CCNC(=O)C(O)[C@H](Cc1ccccc1)NC(=O)[C@H](CC(C)C)NC(=O)OC1CCOCC1. The first-order valence-electron chi connectivity index (χ1n) is 11.6. The molecule has 0 saturated carbocycles. The molecule has 1 fully saturated rings. The number of aliphatic hydroxyl groups is 1. The predicted octanol–water partition coefficient (Wildman–Crippen LogP) is 1.53. The number of carbonyl (C=O) groups excluding carboxylic acids is 3. The molecule has 0 bridgehead atoms. The van der Waals surface area contributed by atoms with Gasteiger partial charge in [0.25, 0.3) is 5.91 Å². The third kappa shape index (κ3) is 9.39. The third-order valence-corrected chi connectivity index (χ3v) is 5.38. The van der Waals surface area contributed by atoms with Crippen LogP contribution in [0.4, 0.5) is 4.79 Å². The van der Waals surface area contributed by atoms with Crippen molar-refractivity contribution in [1.82, 2.24) is 16.0 Å². The van der Waals surface area contributed by atoms with Crippen LogP contribution in [-0.4, -0.2) is 67.1 Å². The van der Waals surface area contributed by atoms with Crippen molar-refractivity contribution in [2.24, 2.45) is 5.92 Å². The number of nitrogens with one attached hydrogen (secondary N) is 3. The molecule has 1 aliphatic heterocycles. The molecule has 9 nitrogen and oxygen atoms in total. The molecule has 3 atom stereocenters. The quantitative estimate of drug-likeness (QED) is 0.394. The lowest BCUT2D eigenvalue weighted by molar-refractivity contribution is -0.132. The smallest absolute Gasteiger partial charge is 0.408 e. The van der Waals surface area contributed by atoms with E-state index in [0.717, 1.165) is 5.56 Å². The normalized spacial score (nSPS) is 17.0. The Morgan fingerprint density at radius 3 is 2.36 bits per heavy atom. The summed E-state index contributed by atoms with van der Waals surface area (Å²) in [5.74, 6) is -0.923.